The molecule has 0 fully saturated rings. The molecule has 2 aromatic rings. The van der Waals surface area contributed by atoms with Crippen molar-refractivity contribution in [1.82, 2.24) is 0 Å². The third-order valence-corrected chi connectivity index (χ3v) is 2.64. The number of carbonyl (C=O) groups is 1. The second-order valence-electron chi connectivity index (χ2n) is 3.99. The quantitative estimate of drug-likeness (QED) is 0.880. The molecule has 18 heavy (non-hydrogen) atoms. The molecule has 0 radical (unpaired) electrons. The molecule has 0 saturated heterocycles. The van der Waals surface area contributed by atoms with E-state index in [-0.39, 0.29) is 0 Å². The molecule has 0 spiro atoms. The van der Waals surface area contributed by atoms with Crippen LogP contribution in [-0.2, 0) is 0 Å². The molecule has 0 atom stereocenters. The van der Waals surface area contributed by atoms with Crippen molar-refractivity contribution in [1.29, 1.82) is 0 Å². The van der Waals surface area contributed by atoms with Crippen molar-refractivity contribution in [2.45, 2.75) is 6.92 Å². The summed E-state index contributed by atoms with van der Waals surface area (Å²) >= 11 is 0. The van der Waals surface area contributed by atoms with Gasteiger partial charge in [0.05, 0.1) is 0 Å². The number of aromatic carboxylic acids is 1. The number of hydrogen-bond acceptors (Lipinski definition) is 1. The second kappa shape index (κ2) is 4.56. The summed E-state index contributed by atoms with van der Waals surface area (Å²) in [7, 11) is 0. The first-order valence-electron chi connectivity index (χ1n) is 5.28. The number of hydrogen-bond donors (Lipinski definition) is 1. The maximum Gasteiger partial charge on any atom is 0.341 e. The summed E-state index contributed by atoms with van der Waals surface area (Å²) < 4.78 is 27.0. The first kappa shape index (κ1) is 12.2. The lowest BCUT2D eigenvalue weighted by atomic mass is 10.0. The van der Waals surface area contributed by atoms with Gasteiger partial charge in [0.25, 0.3) is 0 Å². The van der Waals surface area contributed by atoms with Gasteiger partial charge in [-0.25, -0.2) is 13.6 Å². The molecule has 0 amide bonds. The number of rotatable bonds is 2. The minimum atomic E-state index is -1.61. The Balaban J connectivity index is 2.54. The topological polar surface area (TPSA) is 37.3 Å². The van der Waals surface area contributed by atoms with Gasteiger partial charge in [0, 0.05) is 0 Å². The van der Waals surface area contributed by atoms with Gasteiger partial charge in [-0.1, -0.05) is 29.8 Å². The zero-order valence-electron chi connectivity index (χ0n) is 9.58. The lowest BCUT2D eigenvalue weighted by Gasteiger charge is -2.06. The highest BCUT2D eigenvalue weighted by Crippen LogP contribution is 2.24. The van der Waals surface area contributed by atoms with Crippen LogP contribution in [0.2, 0.25) is 0 Å². The predicted molar refractivity (Wildman–Crippen MR) is 63.5 cm³/mol. The summed E-state index contributed by atoms with van der Waals surface area (Å²) in [6.07, 6.45) is 0. The lowest BCUT2D eigenvalue weighted by Crippen LogP contribution is -2.04. The molecule has 0 aliphatic rings. The van der Waals surface area contributed by atoms with Crippen LogP contribution < -0.4 is 0 Å². The van der Waals surface area contributed by atoms with Gasteiger partial charge in [-0.05, 0) is 30.2 Å². The predicted octanol–water partition coefficient (Wildman–Crippen LogP) is 3.64. The summed E-state index contributed by atoms with van der Waals surface area (Å²) in [5.41, 5.74) is 1.05. The van der Waals surface area contributed by atoms with Crippen LogP contribution in [-0.4, -0.2) is 11.1 Å². The smallest absolute Gasteiger partial charge is 0.341 e. The van der Waals surface area contributed by atoms with Gasteiger partial charge < -0.3 is 5.11 Å². The van der Waals surface area contributed by atoms with Crippen molar-refractivity contribution >= 4 is 5.97 Å². The molecule has 1 N–H and O–H groups in total. The molecular formula is C14H10F2O2. The Morgan fingerprint density at radius 3 is 1.94 bits per heavy atom. The van der Waals surface area contributed by atoms with E-state index in [4.69, 9.17) is 5.11 Å². The SMILES string of the molecule is Cc1ccc(-c2cc(F)c(C(=O)O)c(F)c2)cc1. The Morgan fingerprint density at radius 1 is 1.00 bits per heavy atom. The molecule has 0 heterocycles. The van der Waals surface area contributed by atoms with Crippen LogP contribution in [0.15, 0.2) is 36.4 Å². The fraction of sp³-hybridized carbons (Fsp3) is 0.0714. The largest absolute Gasteiger partial charge is 0.477 e. The van der Waals surface area contributed by atoms with Crippen LogP contribution in [0.25, 0.3) is 11.1 Å². The summed E-state index contributed by atoms with van der Waals surface area (Å²) in [6.45, 7) is 1.90. The Labute approximate surface area is 103 Å². The van der Waals surface area contributed by atoms with E-state index in [0.29, 0.717) is 11.1 Å². The molecule has 0 bridgehead atoms. The van der Waals surface area contributed by atoms with Crippen molar-refractivity contribution in [2.24, 2.45) is 0 Å². The van der Waals surface area contributed by atoms with E-state index >= 15 is 0 Å². The van der Waals surface area contributed by atoms with Gasteiger partial charge in [-0.15, -0.1) is 0 Å². The molecule has 2 rings (SSSR count). The summed E-state index contributed by atoms with van der Waals surface area (Å²) in [5, 5.41) is 8.66. The maximum absolute atomic E-state index is 13.5. The van der Waals surface area contributed by atoms with E-state index in [9.17, 15) is 13.6 Å². The van der Waals surface area contributed by atoms with Gasteiger partial charge in [-0.3, -0.25) is 0 Å². The molecular weight excluding hydrogens is 238 g/mol. The Kier molecular flexibility index (Phi) is 3.10. The molecule has 0 unspecified atom stereocenters. The number of benzene rings is 2. The second-order valence-corrected chi connectivity index (χ2v) is 3.99. The highest BCUT2D eigenvalue weighted by Gasteiger charge is 2.18. The fourth-order valence-electron chi connectivity index (χ4n) is 1.69. The van der Waals surface area contributed by atoms with E-state index in [0.717, 1.165) is 17.7 Å². The van der Waals surface area contributed by atoms with Crippen LogP contribution in [0, 0.1) is 18.6 Å². The highest BCUT2D eigenvalue weighted by molar-refractivity contribution is 5.89. The monoisotopic (exact) mass is 248 g/mol. The summed E-state index contributed by atoms with van der Waals surface area (Å²) in [5.74, 6) is -3.75. The average molecular weight is 248 g/mol. The van der Waals surface area contributed by atoms with Gasteiger partial charge in [-0.2, -0.15) is 0 Å². The highest BCUT2D eigenvalue weighted by atomic mass is 19.1. The zero-order valence-corrected chi connectivity index (χ0v) is 9.58. The zero-order chi connectivity index (χ0) is 13.3. The number of carboxylic acid groups (broad SMARTS) is 1. The molecule has 4 heteroatoms. The standard InChI is InChI=1S/C14H10F2O2/c1-8-2-4-9(5-3-8)10-6-11(15)13(14(17)18)12(16)7-10/h2-7H,1H3,(H,17,18). The lowest BCUT2D eigenvalue weighted by molar-refractivity contribution is 0.0686. The summed E-state index contributed by atoms with van der Waals surface area (Å²) in [4.78, 5) is 10.7. The van der Waals surface area contributed by atoms with Gasteiger partial charge in [0.1, 0.15) is 17.2 Å². The molecule has 92 valence electrons. The van der Waals surface area contributed by atoms with E-state index < -0.39 is 23.2 Å². The molecule has 0 aliphatic carbocycles. The minimum Gasteiger partial charge on any atom is -0.477 e. The Hall–Kier alpha value is -2.23. The van der Waals surface area contributed by atoms with Crippen LogP contribution in [0.5, 0.6) is 0 Å². The Bertz CT molecular complexity index is 581. The van der Waals surface area contributed by atoms with E-state index in [1.807, 2.05) is 19.1 Å². The average Bonchev–Trinajstić information content (AvgIpc) is 2.28. The first-order chi connectivity index (χ1) is 8.49. The first-order valence-corrected chi connectivity index (χ1v) is 5.28. The molecule has 0 aliphatic heterocycles. The van der Waals surface area contributed by atoms with Crippen LogP contribution in [0.1, 0.15) is 15.9 Å². The summed E-state index contributed by atoms with van der Waals surface area (Å²) in [6, 6.07) is 9.13. The Morgan fingerprint density at radius 2 is 1.50 bits per heavy atom. The maximum atomic E-state index is 13.5. The van der Waals surface area contributed by atoms with Crippen molar-refractivity contribution < 1.29 is 18.7 Å². The molecule has 0 saturated carbocycles. The van der Waals surface area contributed by atoms with Crippen molar-refractivity contribution in [3.05, 3.63) is 59.2 Å². The number of aryl methyl sites for hydroxylation is 1. The van der Waals surface area contributed by atoms with Crippen molar-refractivity contribution in [2.75, 3.05) is 0 Å². The van der Waals surface area contributed by atoms with Crippen LogP contribution in [0.4, 0.5) is 8.78 Å². The third-order valence-electron chi connectivity index (χ3n) is 2.64. The van der Waals surface area contributed by atoms with E-state index in [1.165, 1.54) is 0 Å². The number of halogens is 2. The molecule has 0 aromatic heterocycles. The van der Waals surface area contributed by atoms with Crippen molar-refractivity contribution in [3.63, 3.8) is 0 Å². The van der Waals surface area contributed by atoms with Gasteiger partial charge in [0.15, 0.2) is 0 Å². The van der Waals surface area contributed by atoms with Crippen molar-refractivity contribution in [3.8, 4) is 11.1 Å². The fourth-order valence-corrected chi connectivity index (χ4v) is 1.69. The molecule has 2 nitrogen and oxygen atoms in total. The minimum absolute atomic E-state index is 0.315. The number of carboxylic acids is 1. The van der Waals surface area contributed by atoms with Gasteiger partial charge >= 0.3 is 5.97 Å². The molecule has 2 aromatic carbocycles. The third kappa shape index (κ3) is 2.22. The van der Waals surface area contributed by atoms with Gasteiger partial charge in [0.2, 0.25) is 0 Å². The van der Waals surface area contributed by atoms with E-state index in [2.05, 4.69) is 0 Å². The normalized spacial score (nSPS) is 10.4. The van der Waals surface area contributed by atoms with Crippen LogP contribution >= 0.6 is 0 Å². The van der Waals surface area contributed by atoms with E-state index in [1.54, 1.807) is 12.1 Å². The van der Waals surface area contributed by atoms with Crippen LogP contribution in [0.3, 0.4) is 0 Å².